The molecule has 1 saturated heterocycles. The van der Waals surface area contributed by atoms with Crippen LogP contribution in [0.1, 0.15) is 11.3 Å². The fourth-order valence-corrected chi connectivity index (χ4v) is 4.73. The van der Waals surface area contributed by atoms with Crippen molar-refractivity contribution in [3.63, 3.8) is 0 Å². The maximum Gasteiger partial charge on any atom is 0.143 e. The van der Waals surface area contributed by atoms with E-state index in [1.807, 2.05) is 12.1 Å². The second-order valence-electron chi connectivity index (χ2n) is 8.59. The molecule has 3 aromatic carbocycles. The molecule has 2 aliphatic heterocycles. The first kappa shape index (κ1) is 19.2. The average Bonchev–Trinajstić information content (AvgIpc) is 3.25. The Morgan fingerprint density at radius 2 is 1.81 bits per heavy atom. The highest BCUT2D eigenvalue weighted by atomic mass is 16.5. The summed E-state index contributed by atoms with van der Waals surface area (Å²) in [7, 11) is 0. The molecule has 6 nitrogen and oxygen atoms in total. The van der Waals surface area contributed by atoms with Gasteiger partial charge in [0.15, 0.2) is 0 Å². The van der Waals surface area contributed by atoms with Gasteiger partial charge < -0.3 is 20.1 Å². The molecule has 0 spiro atoms. The number of H-pyrrole nitrogens is 1. The summed E-state index contributed by atoms with van der Waals surface area (Å²) in [6.45, 7) is 3.09. The lowest BCUT2D eigenvalue weighted by atomic mass is 9.99. The number of aryl methyl sites for hydroxylation is 2. The molecule has 6 rings (SSSR count). The van der Waals surface area contributed by atoms with Crippen LogP contribution in [0.5, 0.6) is 5.75 Å². The van der Waals surface area contributed by atoms with Crippen LogP contribution in [0.25, 0.3) is 22.0 Å². The van der Waals surface area contributed by atoms with E-state index in [1.54, 1.807) is 0 Å². The Hall–Kier alpha value is -3.51. The highest BCUT2D eigenvalue weighted by molar-refractivity contribution is 5.87. The maximum atomic E-state index is 6.10. The highest BCUT2D eigenvalue weighted by Gasteiger charge is 2.30. The largest absolute Gasteiger partial charge is 0.489 e. The van der Waals surface area contributed by atoms with Crippen molar-refractivity contribution in [1.82, 2.24) is 10.2 Å². The molecule has 0 saturated carbocycles. The predicted octanol–water partition coefficient (Wildman–Crippen LogP) is 4.19. The van der Waals surface area contributed by atoms with E-state index in [2.05, 4.69) is 63.6 Å². The minimum absolute atomic E-state index is 0.313. The van der Waals surface area contributed by atoms with E-state index in [1.165, 1.54) is 22.2 Å². The molecule has 4 aromatic rings. The first-order valence-corrected chi connectivity index (χ1v) is 11.2. The number of nitrogen functional groups attached to an aromatic ring is 1. The monoisotopic (exact) mass is 426 g/mol. The van der Waals surface area contributed by atoms with Gasteiger partial charge in [-0.15, -0.1) is 0 Å². The number of aromatic nitrogens is 2. The lowest BCUT2D eigenvalue weighted by Gasteiger charge is -2.41. The van der Waals surface area contributed by atoms with E-state index < -0.39 is 0 Å². The number of fused-ring (bicyclic) bond motifs is 4. The third kappa shape index (κ3) is 3.46. The van der Waals surface area contributed by atoms with E-state index >= 15 is 0 Å². The van der Waals surface area contributed by atoms with E-state index in [0.717, 1.165) is 60.8 Å². The zero-order valence-electron chi connectivity index (χ0n) is 17.9. The molecule has 1 atom stereocenters. The van der Waals surface area contributed by atoms with Crippen molar-refractivity contribution in [3.8, 4) is 16.9 Å². The van der Waals surface area contributed by atoms with Crippen LogP contribution in [-0.2, 0) is 17.6 Å². The quantitative estimate of drug-likeness (QED) is 0.479. The molecule has 0 radical (unpaired) electrons. The number of nitrogens with two attached hydrogens (primary N) is 1. The Morgan fingerprint density at radius 1 is 0.969 bits per heavy atom. The molecular weight excluding hydrogens is 400 g/mol. The summed E-state index contributed by atoms with van der Waals surface area (Å²) in [5.41, 5.74) is 13.5. The molecule has 1 fully saturated rings. The van der Waals surface area contributed by atoms with Crippen molar-refractivity contribution in [2.75, 3.05) is 37.0 Å². The van der Waals surface area contributed by atoms with Crippen molar-refractivity contribution in [2.24, 2.45) is 0 Å². The van der Waals surface area contributed by atoms with Gasteiger partial charge in [0.2, 0.25) is 0 Å². The fraction of sp³-hybridized carbons (Fsp3) is 0.269. The summed E-state index contributed by atoms with van der Waals surface area (Å²) in [6, 6.07) is 21.4. The van der Waals surface area contributed by atoms with E-state index in [-0.39, 0.29) is 0 Å². The normalized spacial score (nSPS) is 17.6. The number of nitrogens with zero attached hydrogens (tertiary/aromatic N) is 2. The summed E-state index contributed by atoms with van der Waals surface area (Å²) in [5.74, 6) is 0.955. The van der Waals surface area contributed by atoms with Crippen LogP contribution in [0.4, 0.5) is 11.4 Å². The van der Waals surface area contributed by atoms with E-state index in [0.29, 0.717) is 12.6 Å². The van der Waals surface area contributed by atoms with Gasteiger partial charge in [0.05, 0.1) is 30.5 Å². The number of nitrogens with one attached hydrogen (secondary N) is 1. The molecule has 3 heterocycles. The minimum Gasteiger partial charge on any atom is -0.489 e. The molecule has 32 heavy (non-hydrogen) atoms. The Labute approximate surface area is 186 Å². The molecule has 6 heteroatoms. The molecule has 0 aliphatic carbocycles. The number of morpholine rings is 1. The number of ether oxygens (including phenoxy) is 2. The van der Waals surface area contributed by atoms with Gasteiger partial charge in [0.1, 0.15) is 12.4 Å². The average molecular weight is 427 g/mol. The van der Waals surface area contributed by atoms with Crippen LogP contribution in [0, 0.1) is 0 Å². The van der Waals surface area contributed by atoms with Crippen LogP contribution >= 0.6 is 0 Å². The van der Waals surface area contributed by atoms with Crippen LogP contribution in [0.2, 0.25) is 0 Å². The van der Waals surface area contributed by atoms with Gasteiger partial charge in [-0.25, -0.2) is 0 Å². The lowest BCUT2D eigenvalue weighted by Crippen LogP contribution is -2.51. The minimum atomic E-state index is 0.313. The Kier molecular flexibility index (Phi) is 4.72. The SMILES string of the molecule is Nc1ccc(CCc2[nH]nc3ccc(-c4ccc5c(c4)OCC4COCCN54)cc23)cc1. The van der Waals surface area contributed by atoms with Crippen LogP contribution in [0.15, 0.2) is 60.7 Å². The second kappa shape index (κ2) is 7.88. The first-order chi connectivity index (χ1) is 15.7. The van der Waals surface area contributed by atoms with Gasteiger partial charge in [-0.2, -0.15) is 5.10 Å². The number of hydrogen-bond donors (Lipinski definition) is 2. The van der Waals surface area contributed by atoms with Crippen LogP contribution in [-0.4, -0.2) is 42.6 Å². The molecule has 0 bridgehead atoms. The Bertz CT molecular complexity index is 1260. The molecular formula is C26H26N4O2. The van der Waals surface area contributed by atoms with Gasteiger partial charge in [-0.05, 0) is 65.9 Å². The number of hydrogen-bond acceptors (Lipinski definition) is 5. The topological polar surface area (TPSA) is 76.4 Å². The van der Waals surface area contributed by atoms with Gasteiger partial charge >= 0.3 is 0 Å². The molecule has 2 aliphatic rings. The summed E-state index contributed by atoms with van der Waals surface area (Å²) in [6.07, 6.45) is 1.84. The molecule has 1 unspecified atom stereocenters. The zero-order valence-corrected chi connectivity index (χ0v) is 17.9. The summed E-state index contributed by atoms with van der Waals surface area (Å²) in [5, 5.41) is 8.92. The van der Waals surface area contributed by atoms with Crippen LogP contribution < -0.4 is 15.4 Å². The summed E-state index contributed by atoms with van der Waals surface area (Å²) in [4.78, 5) is 2.42. The lowest BCUT2D eigenvalue weighted by molar-refractivity contribution is 0.0705. The van der Waals surface area contributed by atoms with Crippen molar-refractivity contribution in [1.29, 1.82) is 0 Å². The van der Waals surface area contributed by atoms with Gasteiger partial charge in [-0.3, -0.25) is 5.10 Å². The van der Waals surface area contributed by atoms with Crippen LogP contribution in [0.3, 0.4) is 0 Å². The van der Waals surface area contributed by atoms with Crippen molar-refractivity contribution >= 4 is 22.3 Å². The Balaban J connectivity index is 1.28. The number of rotatable bonds is 4. The maximum absolute atomic E-state index is 6.10. The third-order valence-electron chi connectivity index (χ3n) is 6.54. The van der Waals surface area contributed by atoms with E-state index in [4.69, 9.17) is 15.2 Å². The number of anilines is 2. The molecule has 3 N–H and O–H groups in total. The van der Waals surface area contributed by atoms with Gasteiger partial charge in [0, 0.05) is 23.3 Å². The number of benzene rings is 3. The number of aromatic amines is 1. The van der Waals surface area contributed by atoms with Crippen molar-refractivity contribution in [3.05, 3.63) is 71.9 Å². The van der Waals surface area contributed by atoms with Gasteiger partial charge in [0.25, 0.3) is 0 Å². The Morgan fingerprint density at radius 3 is 2.72 bits per heavy atom. The summed E-state index contributed by atoms with van der Waals surface area (Å²) >= 11 is 0. The second-order valence-corrected chi connectivity index (χ2v) is 8.59. The third-order valence-corrected chi connectivity index (χ3v) is 6.54. The van der Waals surface area contributed by atoms with E-state index in [9.17, 15) is 0 Å². The molecule has 0 amide bonds. The summed E-state index contributed by atoms with van der Waals surface area (Å²) < 4.78 is 11.7. The van der Waals surface area contributed by atoms with Crippen molar-refractivity contribution in [2.45, 2.75) is 18.9 Å². The predicted molar refractivity (Wildman–Crippen MR) is 127 cm³/mol. The highest BCUT2D eigenvalue weighted by Crippen LogP contribution is 2.38. The van der Waals surface area contributed by atoms with Crippen molar-refractivity contribution < 1.29 is 9.47 Å². The zero-order chi connectivity index (χ0) is 21.5. The molecule has 1 aromatic heterocycles. The molecule has 162 valence electrons. The van der Waals surface area contributed by atoms with Gasteiger partial charge in [-0.1, -0.05) is 24.3 Å². The standard InChI is InChI=1S/C26H26N4O2/c27-20-6-1-17(2-7-20)3-8-23-22-13-18(4-9-24(22)29-28-23)19-5-10-25-26(14-19)32-16-21-15-31-12-11-30(21)25/h1-2,4-7,9-10,13-14,21H,3,8,11-12,15-16,27H2,(H,28,29). The smallest absolute Gasteiger partial charge is 0.143 e. The first-order valence-electron chi connectivity index (χ1n) is 11.2. The fourth-order valence-electron chi connectivity index (χ4n) is 4.73.